The first-order valence-corrected chi connectivity index (χ1v) is 8.03. The van der Waals surface area contributed by atoms with E-state index in [1.54, 1.807) is 6.07 Å². The molecule has 1 heterocycles. The van der Waals surface area contributed by atoms with Crippen molar-refractivity contribution in [1.82, 2.24) is 5.32 Å². The van der Waals surface area contributed by atoms with E-state index in [0.717, 1.165) is 0 Å². The van der Waals surface area contributed by atoms with Gasteiger partial charge in [0.1, 0.15) is 0 Å². The molecule has 0 amide bonds. The molecule has 19 heavy (non-hydrogen) atoms. The summed E-state index contributed by atoms with van der Waals surface area (Å²) in [5, 5.41) is 3.23. The average molecular weight is 287 g/mol. The molecular weight excluding hydrogens is 269 g/mol. The Morgan fingerprint density at radius 3 is 2.79 bits per heavy atom. The molecule has 4 nitrogen and oxygen atoms in total. The molecule has 0 aliphatic carbocycles. The maximum Gasteiger partial charge on any atom is 0.165 e. The Kier molecular flexibility index (Phi) is 4.10. The zero-order valence-electron chi connectivity index (χ0n) is 11.0. The zero-order valence-corrected chi connectivity index (χ0v) is 11.8. The first-order chi connectivity index (χ1) is 8.91. The predicted molar refractivity (Wildman–Crippen MR) is 71.6 cm³/mol. The number of rotatable bonds is 2. The van der Waals surface area contributed by atoms with Gasteiger partial charge >= 0.3 is 0 Å². The Hall–Kier alpha value is -1.14. The van der Waals surface area contributed by atoms with E-state index < -0.39 is 15.7 Å². The number of sulfone groups is 1. The Bertz CT molecular complexity index is 559. The fraction of sp³-hybridized carbons (Fsp3) is 0.538. The highest BCUT2D eigenvalue weighted by molar-refractivity contribution is 7.91. The third-order valence-electron chi connectivity index (χ3n) is 3.35. The third kappa shape index (κ3) is 3.45. The smallest absolute Gasteiger partial charge is 0.165 e. The minimum atomic E-state index is -3.09. The Balaban J connectivity index is 2.31. The molecule has 2 rings (SSSR count). The highest BCUT2D eigenvalue weighted by Crippen LogP contribution is 2.25. The standard InChI is InChI=1S/C13H18FNO3S/c1-9-5-6-19(16,17)8-12(15-9)10-3-4-13(18-2)11(14)7-10/h3-4,7,9,12,15H,5-6,8H2,1-2H3. The normalized spacial score (nSPS) is 26.7. The molecule has 0 radical (unpaired) electrons. The molecule has 1 fully saturated rings. The molecule has 1 aliphatic rings. The second-order valence-corrected chi connectivity index (χ2v) is 7.15. The van der Waals surface area contributed by atoms with Crippen LogP contribution >= 0.6 is 0 Å². The molecule has 0 aromatic heterocycles. The number of halogens is 1. The van der Waals surface area contributed by atoms with Crippen LogP contribution in [0.3, 0.4) is 0 Å². The second-order valence-electron chi connectivity index (χ2n) is 4.92. The molecule has 106 valence electrons. The Labute approximate surface area is 112 Å². The van der Waals surface area contributed by atoms with Crippen LogP contribution in [0.5, 0.6) is 5.75 Å². The quantitative estimate of drug-likeness (QED) is 0.899. The fourth-order valence-corrected chi connectivity index (χ4v) is 3.94. The number of hydrogen-bond acceptors (Lipinski definition) is 4. The number of hydrogen-bond donors (Lipinski definition) is 1. The van der Waals surface area contributed by atoms with Gasteiger partial charge in [0.25, 0.3) is 0 Å². The van der Waals surface area contributed by atoms with Gasteiger partial charge in [0.15, 0.2) is 21.4 Å². The molecule has 0 spiro atoms. The van der Waals surface area contributed by atoms with E-state index in [1.165, 1.54) is 19.2 Å². The minimum Gasteiger partial charge on any atom is -0.494 e. The number of benzene rings is 1. The summed E-state index contributed by atoms with van der Waals surface area (Å²) in [4.78, 5) is 0. The van der Waals surface area contributed by atoms with Gasteiger partial charge < -0.3 is 10.1 Å². The average Bonchev–Trinajstić information content (AvgIpc) is 2.48. The highest BCUT2D eigenvalue weighted by Gasteiger charge is 2.27. The predicted octanol–water partition coefficient (Wildman–Crippen LogP) is 1.67. The largest absolute Gasteiger partial charge is 0.494 e. The van der Waals surface area contributed by atoms with E-state index in [9.17, 15) is 12.8 Å². The van der Waals surface area contributed by atoms with Crippen LogP contribution in [0.2, 0.25) is 0 Å². The van der Waals surface area contributed by atoms with Crippen molar-refractivity contribution in [2.75, 3.05) is 18.6 Å². The SMILES string of the molecule is COc1ccc(C2CS(=O)(=O)CCC(C)N2)cc1F. The summed E-state index contributed by atoms with van der Waals surface area (Å²) in [5.41, 5.74) is 0.635. The molecule has 2 unspecified atom stereocenters. The molecule has 1 saturated heterocycles. The van der Waals surface area contributed by atoms with E-state index in [2.05, 4.69) is 5.32 Å². The molecule has 1 aromatic carbocycles. The summed E-state index contributed by atoms with van der Waals surface area (Å²) >= 11 is 0. The summed E-state index contributed by atoms with van der Waals surface area (Å²) in [6.07, 6.45) is 0.581. The summed E-state index contributed by atoms with van der Waals surface area (Å²) in [5.74, 6) is -0.135. The molecule has 0 bridgehead atoms. The second kappa shape index (κ2) is 5.46. The molecule has 1 aromatic rings. The molecule has 1 aliphatic heterocycles. The maximum absolute atomic E-state index is 13.7. The lowest BCUT2D eigenvalue weighted by Crippen LogP contribution is -2.31. The van der Waals surface area contributed by atoms with Crippen LogP contribution in [-0.2, 0) is 9.84 Å². The lowest BCUT2D eigenvalue weighted by Gasteiger charge is -2.19. The minimum absolute atomic E-state index is 0.00308. The zero-order chi connectivity index (χ0) is 14.0. The van der Waals surface area contributed by atoms with Crippen LogP contribution in [-0.4, -0.2) is 33.1 Å². The van der Waals surface area contributed by atoms with E-state index >= 15 is 0 Å². The topological polar surface area (TPSA) is 55.4 Å². The first kappa shape index (κ1) is 14.3. The van der Waals surface area contributed by atoms with Gasteiger partial charge in [0.2, 0.25) is 0 Å². The molecular formula is C13H18FNO3S. The van der Waals surface area contributed by atoms with Crippen LogP contribution in [0, 0.1) is 5.82 Å². The first-order valence-electron chi connectivity index (χ1n) is 6.21. The van der Waals surface area contributed by atoms with Crippen LogP contribution in [0.15, 0.2) is 18.2 Å². The van der Waals surface area contributed by atoms with Gasteiger partial charge in [-0.3, -0.25) is 0 Å². The van der Waals surface area contributed by atoms with Gasteiger partial charge in [-0.1, -0.05) is 6.07 Å². The van der Waals surface area contributed by atoms with Crippen molar-refractivity contribution in [2.24, 2.45) is 0 Å². The van der Waals surface area contributed by atoms with Gasteiger partial charge in [0.05, 0.1) is 18.6 Å². The number of ether oxygens (including phenoxy) is 1. The summed E-state index contributed by atoms with van der Waals surface area (Å²) in [6.45, 7) is 1.94. The Morgan fingerprint density at radius 2 is 2.16 bits per heavy atom. The maximum atomic E-state index is 13.7. The van der Waals surface area contributed by atoms with Crippen molar-refractivity contribution in [1.29, 1.82) is 0 Å². The van der Waals surface area contributed by atoms with E-state index in [4.69, 9.17) is 4.74 Å². The molecule has 6 heteroatoms. The monoisotopic (exact) mass is 287 g/mol. The van der Waals surface area contributed by atoms with E-state index in [0.29, 0.717) is 12.0 Å². The molecule has 2 atom stereocenters. The van der Waals surface area contributed by atoms with Crippen LogP contribution in [0.4, 0.5) is 4.39 Å². The number of nitrogens with one attached hydrogen (secondary N) is 1. The van der Waals surface area contributed by atoms with Gasteiger partial charge in [-0.25, -0.2) is 12.8 Å². The molecule has 1 N–H and O–H groups in total. The van der Waals surface area contributed by atoms with Gasteiger partial charge in [-0.05, 0) is 31.0 Å². The van der Waals surface area contributed by atoms with Gasteiger partial charge in [-0.15, -0.1) is 0 Å². The lowest BCUT2D eigenvalue weighted by atomic mass is 10.1. The van der Waals surface area contributed by atoms with Crippen molar-refractivity contribution in [2.45, 2.75) is 25.4 Å². The summed E-state index contributed by atoms with van der Waals surface area (Å²) < 4.78 is 42.3. The highest BCUT2D eigenvalue weighted by atomic mass is 32.2. The van der Waals surface area contributed by atoms with Crippen LogP contribution in [0.1, 0.15) is 24.9 Å². The van der Waals surface area contributed by atoms with Crippen molar-refractivity contribution in [3.63, 3.8) is 0 Å². The van der Waals surface area contributed by atoms with Gasteiger partial charge in [0, 0.05) is 12.1 Å². The van der Waals surface area contributed by atoms with Crippen molar-refractivity contribution < 1.29 is 17.5 Å². The lowest BCUT2D eigenvalue weighted by molar-refractivity contribution is 0.385. The van der Waals surface area contributed by atoms with Crippen molar-refractivity contribution >= 4 is 9.84 Å². The summed E-state index contributed by atoms with van der Waals surface area (Å²) in [6, 6.07) is 4.28. The van der Waals surface area contributed by atoms with E-state index in [-0.39, 0.29) is 29.3 Å². The van der Waals surface area contributed by atoms with E-state index in [1.807, 2.05) is 6.92 Å². The number of methoxy groups -OCH3 is 1. The van der Waals surface area contributed by atoms with Crippen molar-refractivity contribution in [3.05, 3.63) is 29.6 Å². The van der Waals surface area contributed by atoms with Crippen LogP contribution < -0.4 is 10.1 Å². The Morgan fingerprint density at radius 1 is 1.42 bits per heavy atom. The van der Waals surface area contributed by atoms with Gasteiger partial charge in [-0.2, -0.15) is 0 Å². The van der Waals surface area contributed by atoms with Crippen LogP contribution in [0.25, 0.3) is 0 Å². The summed E-state index contributed by atoms with van der Waals surface area (Å²) in [7, 11) is -1.70. The molecule has 0 saturated carbocycles. The van der Waals surface area contributed by atoms with Crippen molar-refractivity contribution in [3.8, 4) is 5.75 Å². The fourth-order valence-electron chi connectivity index (χ4n) is 2.26. The third-order valence-corrected chi connectivity index (χ3v) is 5.05.